The second-order valence-electron chi connectivity index (χ2n) is 5.56. The van der Waals surface area contributed by atoms with E-state index in [1.165, 1.54) is 6.42 Å². The highest BCUT2D eigenvalue weighted by Crippen LogP contribution is 2.27. The van der Waals surface area contributed by atoms with Crippen LogP contribution in [0.3, 0.4) is 0 Å². The molecule has 1 unspecified atom stereocenters. The Morgan fingerprint density at radius 2 is 2.20 bits per heavy atom. The maximum absolute atomic E-state index is 12.1. The van der Waals surface area contributed by atoms with Crippen LogP contribution in [0.25, 0.3) is 11.0 Å². The van der Waals surface area contributed by atoms with Gasteiger partial charge in [-0.3, -0.25) is 4.79 Å². The Labute approximate surface area is 119 Å². The number of aromatic nitrogens is 2. The zero-order valence-corrected chi connectivity index (χ0v) is 12.1. The molecule has 106 valence electrons. The van der Waals surface area contributed by atoms with Gasteiger partial charge in [-0.2, -0.15) is 0 Å². The summed E-state index contributed by atoms with van der Waals surface area (Å²) in [6.45, 7) is 4.99. The van der Waals surface area contributed by atoms with Crippen LogP contribution in [-0.2, 0) is 11.3 Å². The number of para-hydroxylation sites is 2. The van der Waals surface area contributed by atoms with Gasteiger partial charge in [0, 0.05) is 12.5 Å². The van der Waals surface area contributed by atoms with Gasteiger partial charge in [-0.25, -0.2) is 4.98 Å². The van der Waals surface area contributed by atoms with Crippen molar-refractivity contribution >= 4 is 16.9 Å². The van der Waals surface area contributed by atoms with Crippen molar-refractivity contribution in [3.63, 3.8) is 0 Å². The number of hydrogen-bond donors (Lipinski definition) is 1. The third-order valence-corrected chi connectivity index (χ3v) is 4.22. The Kier molecular flexibility index (Phi) is 3.47. The molecule has 1 saturated carbocycles. The number of nitrogens with zero attached hydrogens (tertiary/aromatic N) is 2. The Bertz CT molecular complexity index is 628. The molecule has 0 bridgehead atoms. The maximum Gasteiger partial charge on any atom is 0.223 e. The number of fused-ring (bicyclic) bond motifs is 1. The molecule has 1 aromatic heterocycles. The van der Waals surface area contributed by atoms with Crippen molar-refractivity contribution in [2.24, 2.45) is 5.92 Å². The smallest absolute Gasteiger partial charge is 0.223 e. The Morgan fingerprint density at radius 3 is 2.85 bits per heavy atom. The lowest BCUT2D eigenvalue weighted by Gasteiger charge is -2.26. The number of carbonyl (C=O) groups excluding carboxylic acids is 1. The molecule has 20 heavy (non-hydrogen) atoms. The van der Waals surface area contributed by atoms with E-state index in [1.54, 1.807) is 0 Å². The lowest BCUT2D eigenvalue weighted by molar-refractivity contribution is -0.128. The van der Waals surface area contributed by atoms with Crippen LogP contribution in [0, 0.1) is 5.92 Å². The summed E-state index contributed by atoms with van der Waals surface area (Å²) in [4.78, 5) is 16.8. The summed E-state index contributed by atoms with van der Waals surface area (Å²) in [5.41, 5.74) is 2.13. The van der Waals surface area contributed by atoms with Crippen molar-refractivity contribution in [1.29, 1.82) is 0 Å². The maximum atomic E-state index is 12.1. The molecular weight excluding hydrogens is 250 g/mol. The van der Waals surface area contributed by atoms with Gasteiger partial charge < -0.3 is 9.88 Å². The normalized spacial score (nSPS) is 16.9. The first-order valence-electron chi connectivity index (χ1n) is 7.46. The van der Waals surface area contributed by atoms with E-state index in [9.17, 15) is 4.79 Å². The summed E-state index contributed by atoms with van der Waals surface area (Å²) < 4.78 is 2.18. The molecule has 2 aromatic rings. The van der Waals surface area contributed by atoms with Gasteiger partial charge in [-0.1, -0.05) is 18.6 Å². The quantitative estimate of drug-likeness (QED) is 0.929. The summed E-state index contributed by atoms with van der Waals surface area (Å²) in [6, 6.07) is 8.07. The number of aryl methyl sites for hydroxylation is 1. The summed E-state index contributed by atoms with van der Waals surface area (Å²) >= 11 is 0. The number of carbonyl (C=O) groups is 1. The van der Waals surface area contributed by atoms with E-state index in [0.717, 1.165) is 36.2 Å². The monoisotopic (exact) mass is 271 g/mol. The topological polar surface area (TPSA) is 46.9 Å². The highest BCUT2D eigenvalue weighted by atomic mass is 16.2. The largest absolute Gasteiger partial charge is 0.346 e. The van der Waals surface area contributed by atoms with E-state index in [-0.39, 0.29) is 17.9 Å². The minimum atomic E-state index is -0.0459. The molecule has 1 heterocycles. The van der Waals surface area contributed by atoms with Gasteiger partial charge in [0.25, 0.3) is 0 Å². The second kappa shape index (κ2) is 5.27. The summed E-state index contributed by atoms with van der Waals surface area (Å²) in [5.74, 6) is 1.34. The zero-order valence-electron chi connectivity index (χ0n) is 12.1. The summed E-state index contributed by atoms with van der Waals surface area (Å²) in [7, 11) is 0. The molecule has 0 aliphatic heterocycles. The van der Waals surface area contributed by atoms with Gasteiger partial charge in [-0.15, -0.1) is 0 Å². The van der Waals surface area contributed by atoms with Gasteiger partial charge in [0.05, 0.1) is 17.1 Å². The third-order valence-electron chi connectivity index (χ3n) is 4.22. The first-order chi connectivity index (χ1) is 9.70. The van der Waals surface area contributed by atoms with Crippen molar-refractivity contribution in [1.82, 2.24) is 14.9 Å². The van der Waals surface area contributed by atoms with Crippen LogP contribution in [0.1, 0.15) is 45.0 Å². The van der Waals surface area contributed by atoms with E-state index in [4.69, 9.17) is 0 Å². The predicted molar refractivity (Wildman–Crippen MR) is 79.3 cm³/mol. The van der Waals surface area contributed by atoms with Crippen molar-refractivity contribution in [3.8, 4) is 0 Å². The fourth-order valence-electron chi connectivity index (χ4n) is 2.82. The highest BCUT2D eigenvalue weighted by molar-refractivity contribution is 5.80. The van der Waals surface area contributed by atoms with Gasteiger partial charge in [-0.05, 0) is 38.8 Å². The Hall–Kier alpha value is -1.84. The standard InChI is InChI=1S/C16H21N3O/c1-3-19-14-10-5-4-9-13(14)18-15(19)11(2)17-16(20)12-7-6-8-12/h4-5,9-12H,3,6-8H2,1-2H3,(H,17,20). The lowest BCUT2D eigenvalue weighted by atomic mass is 9.84. The number of nitrogens with one attached hydrogen (secondary N) is 1. The van der Waals surface area contributed by atoms with E-state index in [0.29, 0.717) is 0 Å². The molecule has 1 atom stereocenters. The molecule has 1 fully saturated rings. The van der Waals surface area contributed by atoms with Gasteiger partial charge in [0.15, 0.2) is 0 Å². The number of imidazole rings is 1. The second-order valence-corrected chi connectivity index (χ2v) is 5.56. The predicted octanol–water partition coefficient (Wildman–Crippen LogP) is 3.03. The molecule has 0 spiro atoms. The average Bonchev–Trinajstić information content (AvgIpc) is 2.74. The molecule has 4 nitrogen and oxygen atoms in total. The molecule has 4 heteroatoms. The summed E-state index contributed by atoms with van der Waals surface area (Å²) in [5, 5.41) is 3.11. The SMILES string of the molecule is CCn1c(C(C)NC(=O)C2CCC2)nc2ccccc21. The lowest BCUT2D eigenvalue weighted by Crippen LogP contribution is -2.36. The zero-order chi connectivity index (χ0) is 14.1. The fraction of sp³-hybridized carbons (Fsp3) is 0.500. The Morgan fingerprint density at radius 1 is 1.45 bits per heavy atom. The molecule has 0 radical (unpaired) electrons. The first-order valence-corrected chi connectivity index (χ1v) is 7.46. The highest BCUT2D eigenvalue weighted by Gasteiger charge is 2.27. The molecule has 1 aliphatic carbocycles. The van der Waals surface area contributed by atoms with Crippen LogP contribution in [-0.4, -0.2) is 15.5 Å². The fourth-order valence-corrected chi connectivity index (χ4v) is 2.82. The minimum Gasteiger partial charge on any atom is -0.346 e. The molecule has 1 N–H and O–H groups in total. The first kappa shape index (κ1) is 13.2. The molecular formula is C16H21N3O. The van der Waals surface area contributed by atoms with E-state index in [2.05, 4.69) is 27.9 Å². The molecule has 3 rings (SSSR count). The minimum absolute atomic E-state index is 0.0459. The van der Waals surface area contributed by atoms with Crippen LogP contribution >= 0.6 is 0 Å². The molecule has 1 amide bonds. The van der Waals surface area contributed by atoms with Crippen LogP contribution in [0.2, 0.25) is 0 Å². The van der Waals surface area contributed by atoms with Crippen molar-refractivity contribution in [2.75, 3.05) is 0 Å². The molecule has 0 saturated heterocycles. The average molecular weight is 271 g/mol. The van der Waals surface area contributed by atoms with Gasteiger partial charge in [0.2, 0.25) is 5.91 Å². The number of amides is 1. The van der Waals surface area contributed by atoms with Crippen LogP contribution in [0.5, 0.6) is 0 Å². The van der Waals surface area contributed by atoms with Crippen LogP contribution in [0.15, 0.2) is 24.3 Å². The number of rotatable bonds is 4. The molecule has 1 aliphatic rings. The van der Waals surface area contributed by atoms with Gasteiger partial charge in [0.1, 0.15) is 5.82 Å². The molecule has 1 aromatic carbocycles. The van der Waals surface area contributed by atoms with Crippen molar-refractivity contribution in [2.45, 2.75) is 45.7 Å². The van der Waals surface area contributed by atoms with E-state index >= 15 is 0 Å². The van der Waals surface area contributed by atoms with Crippen molar-refractivity contribution in [3.05, 3.63) is 30.1 Å². The van der Waals surface area contributed by atoms with Crippen molar-refractivity contribution < 1.29 is 4.79 Å². The Balaban J connectivity index is 1.86. The summed E-state index contributed by atoms with van der Waals surface area (Å²) in [6.07, 6.45) is 3.24. The number of hydrogen-bond acceptors (Lipinski definition) is 2. The third kappa shape index (κ3) is 2.19. The van der Waals surface area contributed by atoms with Gasteiger partial charge >= 0.3 is 0 Å². The van der Waals surface area contributed by atoms with E-state index < -0.39 is 0 Å². The van der Waals surface area contributed by atoms with Crippen LogP contribution < -0.4 is 5.32 Å². The van der Waals surface area contributed by atoms with Crippen LogP contribution in [0.4, 0.5) is 0 Å². The van der Waals surface area contributed by atoms with E-state index in [1.807, 2.05) is 25.1 Å². The number of benzene rings is 1.